The summed E-state index contributed by atoms with van der Waals surface area (Å²) in [5.74, 6) is -0.279. The number of nitriles is 1. The van der Waals surface area contributed by atoms with Gasteiger partial charge in [0.2, 0.25) is 0 Å². The number of aliphatic hydroxyl groups is 1. The first-order valence-corrected chi connectivity index (χ1v) is 7.75. The van der Waals surface area contributed by atoms with E-state index in [9.17, 15) is 10.4 Å². The van der Waals surface area contributed by atoms with Crippen LogP contribution in [0.1, 0.15) is 37.5 Å². The summed E-state index contributed by atoms with van der Waals surface area (Å²) in [5, 5.41) is 24.1. The molecular formula is C17H17Cl2N3O. The number of benzene rings is 1. The first-order valence-electron chi connectivity index (χ1n) is 6.99. The van der Waals surface area contributed by atoms with E-state index in [1.54, 1.807) is 19.2 Å². The molecule has 6 heteroatoms. The Morgan fingerprint density at radius 2 is 1.78 bits per heavy atom. The van der Waals surface area contributed by atoms with Crippen molar-refractivity contribution in [2.75, 3.05) is 0 Å². The van der Waals surface area contributed by atoms with E-state index in [4.69, 9.17) is 23.2 Å². The Morgan fingerprint density at radius 1 is 1.22 bits per heavy atom. The zero-order valence-electron chi connectivity index (χ0n) is 13.4. The van der Waals surface area contributed by atoms with Crippen molar-refractivity contribution < 1.29 is 5.11 Å². The van der Waals surface area contributed by atoms with Gasteiger partial charge in [-0.1, -0.05) is 68.2 Å². The maximum Gasteiger partial charge on any atom is 0.163 e. The van der Waals surface area contributed by atoms with Crippen LogP contribution in [0.15, 0.2) is 24.3 Å². The maximum atomic E-state index is 10.5. The van der Waals surface area contributed by atoms with Gasteiger partial charge in [-0.05, 0) is 16.5 Å². The molecule has 0 unspecified atom stereocenters. The molecule has 0 saturated carbocycles. The lowest BCUT2D eigenvalue weighted by Crippen LogP contribution is -2.10. The standard InChI is InChI=1S/C17H17Cl2N3O/c1-17(2,3)11-7-5-10(6-8-11)12(9-20)14(23)13-15(18)21-22(4)16(13)19/h5-8,23H,1-4H3/b14-12-. The van der Waals surface area contributed by atoms with Gasteiger partial charge < -0.3 is 5.11 Å². The molecule has 120 valence electrons. The number of nitrogens with zero attached hydrogens (tertiary/aromatic N) is 3. The Hall–Kier alpha value is -1.96. The van der Waals surface area contributed by atoms with Gasteiger partial charge in [-0.25, -0.2) is 0 Å². The molecule has 0 radical (unpaired) electrons. The monoisotopic (exact) mass is 349 g/mol. The molecule has 0 aliphatic carbocycles. The normalized spacial score (nSPS) is 12.7. The Labute approximate surface area is 145 Å². The average molecular weight is 350 g/mol. The van der Waals surface area contributed by atoms with Crippen LogP contribution in [0.5, 0.6) is 0 Å². The third-order valence-corrected chi connectivity index (χ3v) is 4.26. The van der Waals surface area contributed by atoms with Crippen molar-refractivity contribution in [3.05, 3.63) is 51.3 Å². The van der Waals surface area contributed by atoms with E-state index < -0.39 is 0 Å². The highest BCUT2D eigenvalue weighted by Gasteiger charge is 2.21. The van der Waals surface area contributed by atoms with Crippen LogP contribution in [0.4, 0.5) is 0 Å². The van der Waals surface area contributed by atoms with E-state index in [2.05, 4.69) is 25.9 Å². The Balaban J connectivity index is 2.57. The van der Waals surface area contributed by atoms with Gasteiger partial charge in [0.05, 0.1) is 5.56 Å². The van der Waals surface area contributed by atoms with Crippen LogP contribution in [0, 0.1) is 11.3 Å². The van der Waals surface area contributed by atoms with Gasteiger partial charge in [0.25, 0.3) is 0 Å². The number of aryl methyl sites for hydroxylation is 1. The van der Waals surface area contributed by atoms with Crippen molar-refractivity contribution in [3.63, 3.8) is 0 Å². The summed E-state index contributed by atoms with van der Waals surface area (Å²) in [6, 6.07) is 9.49. The number of aliphatic hydroxyl groups excluding tert-OH is 1. The molecule has 0 aliphatic heterocycles. The average Bonchev–Trinajstić information content (AvgIpc) is 2.72. The maximum absolute atomic E-state index is 10.5. The summed E-state index contributed by atoms with van der Waals surface area (Å²) in [7, 11) is 1.61. The molecule has 0 saturated heterocycles. The predicted octanol–water partition coefficient (Wildman–Crippen LogP) is 4.97. The Kier molecular flexibility index (Phi) is 4.74. The van der Waals surface area contributed by atoms with Crippen LogP contribution >= 0.6 is 23.2 Å². The van der Waals surface area contributed by atoms with Gasteiger partial charge in [-0.2, -0.15) is 10.4 Å². The lowest BCUT2D eigenvalue weighted by molar-refractivity contribution is 0.514. The van der Waals surface area contributed by atoms with Gasteiger partial charge in [0, 0.05) is 7.05 Å². The van der Waals surface area contributed by atoms with E-state index in [-0.39, 0.29) is 32.6 Å². The van der Waals surface area contributed by atoms with Crippen LogP contribution < -0.4 is 0 Å². The minimum atomic E-state index is -0.279. The van der Waals surface area contributed by atoms with E-state index in [1.165, 1.54) is 4.68 Å². The lowest BCUT2D eigenvalue weighted by Gasteiger charge is -2.19. The van der Waals surface area contributed by atoms with Crippen LogP contribution in [0.3, 0.4) is 0 Å². The van der Waals surface area contributed by atoms with Crippen molar-refractivity contribution in [2.24, 2.45) is 7.05 Å². The fraction of sp³-hybridized carbons (Fsp3) is 0.294. The van der Waals surface area contributed by atoms with Crippen molar-refractivity contribution in [2.45, 2.75) is 26.2 Å². The minimum absolute atomic E-state index is 0.00701. The molecule has 0 atom stereocenters. The third kappa shape index (κ3) is 3.36. The largest absolute Gasteiger partial charge is 0.506 e. The molecule has 1 N–H and O–H groups in total. The molecule has 4 nitrogen and oxygen atoms in total. The Bertz CT molecular complexity index is 806. The van der Waals surface area contributed by atoms with Crippen molar-refractivity contribution in [1.29, 1.82) is 5.26 Å². The summed E-state index contributed by atoms with van der Waals surface area (Å²) < 4.78 is 1.34. The highest BCUT2D eigenvalue weighted by atomic mass is 35.5. The van der Waals surface area contributed by atoms with Crippen LogP contribution in [-0.2, 0) is 12.5 Å². The van der Waals surface area contributed by atoms with Crippen molar-refractivity contribution in [3.8, 4) is 6.07 Å². The summed E-state index contributed by atoms with van der Waals surface area (Å²) in [6.07, 6.45) is 0. The first-order chi connectivity index (χ1) is 10.7. The predicted molar refractivity (Wildman–Crippen MR) is 93.4 cm³/mol. The van der Waals surface area contributed by atoms with Crippen molar-refractivity contribution >= 4 is 34.5 Å². The number of hydrogen-bond acceptors (Lipinski definition) is 3. The molecule has 0 fully saturated rings. The zero-order chi connectivity index (χ0) is 17.4. The fourth-order valence-electron chi connectivity index (χ4n) is 2.18. The molecule has 1 heterocycles. The first kappa shape index (κ1) is 17.4. The molecule has 1 aromatic heterocycles. The smallest absolute Gasteiger partial charge is 0.163 e. The molecule has 0 bridgehead atoms. The molecule has 2 aromatic rings. The topological polar surface area (TPSA) is 61.8 Å². The SMILES string of the molecule is Cn1nc(Cl)c(/C(O)=C(\C#N)c2ccc(C(C)(C)C)cc2)c1Cl. The lowest BCUT2D eigenvalue weighted by atomic mass is 9.86. The number of allylic oxidation sites excluding steroid dienone is 1. The van der Waals surface area contributed by atoms with E-state index >= 15 is 0 Å². The molecule has 1 aromatic carbocycles. The highest BCUT2D eigenvalue weighted by Crippen LogP contribution is 2.34. The van der Waals surface area contributed by atoms with E-state index in [0.29, 0.717) is 5.56 Å². The summed E-state index contributed by atoms with van der Waals surface area (Å²) in [4.78, 5) is 0. The van der Waals surface area contributed by atoms with Gasteiger partial charge >= 0.3 is 0 Å². The van der Waals surface area contributed by atoms with Crippen molar-refractivity contribution in [1.82, 2.24) is 9.78 Å². The number of halogens is 2. The van der Waals surface area contributed by atoms with Gasteiger partial charge in [0.1, 0.15) is 22.6 Å². The molecule has 0 spiro atoms. The molecule has 0 aliphatic rings. The van der Waals surface area contributed by atoms with Gasteiger partial charge in [-0.15, -0.1) is 0 Å². The zero-order valence-corrected chi connectivity index (χ0v) is 14.9. The molecule has 23 heavy (non-hydrogen) atoms. The van der Waals surface area contributed by atoms with Gasteiger partial charge in [-0.3, -0.25) is 4.68 Å². The second kappa shape index (κ2) is 6.27. The quantitative estimate of drug-likeness (QED) is 0.614. The molecule has 2 rings (SSSR count). The van der Waals surface area contributed by atoms with Gasteiger partial charge in [0.15, 0.2) is 5.15 Å². The highest BCUT2D eigenvalue weighted by molar-refractivity contribution is 6.36. The Morgan fingerprint density at radius 3 is 2.17 bits per heavy atom. The second-order valence-corrected chi connectivity index (χ2v) is 6.96. The van der Waals surface area contributed by atoms with E-state index in [1.807, 2.05) is 18.2 Å². The summed E-state index contributed by atoms with van der Waals surface area (Å²) in [5.41, 5.74) is 1.99. The van der Waals surface area contributed by atoms with Crippen LogP contribution in [-0.4, -0.2) is 14.9 Å². The number of aromatic nitrogens is 2. The second-order valence-electron chi connectivity index (χ2n) is 6.24. The number of hydrogen-bond donors (Lipinski definition) is 1. The number of rotatable bonds is 2. The summed E-state index contributed by atoms with van der Waals surface area (Å²) >= 11 is 12.1. The minimum Gasteiger partial charge on any atom is -0.506 e. The molecule has 0 amide bonds. The molecular weight excluding hydrogens is 333 g/mol. The summed E-state index contributed by atoms with van der Waals surface area (Å²) in [6.45, 7) is 6.32. The van der Waals surface area contributed by atoms with Crippen LogP contribution in [0.2, 0.25) is 10.3 Å². The third-order valence-electron chi connectivity index (χ3n) is 3.56. The van der Waals surface area contributed by atoms with E-state index in [0.717, 1.165) is 5.56 Å². The van der Waals surface area contributed by atoms with Crippen LogP contribution in [0.25, 0.3) is 11.3 Å². The fourth-order valence-corrected chi connectivity index (χ4v) is 2.74.